The maximum Gasteiger partial charge on any atom is 0.410 e. The van der Waals surface area contributed by atoms with Crippen LogP contribution in [0.3, 0.4) is 0 Å². The number of imidazole rings is 1. The second kappa shape index (κ2) is 10.2. The van der Waals surface area contributed by atoms with E-state index < -0.39 is 12.1 Å². The summed E-state index contributed by atoms with van der Waals surface area (Å²) in [5.74, 6) is 0.710. The van der Waals surface area contributed by atoms with Gasteiger partial charge in [0.15, 0.2) is 0 Å². The summed E-state index contributed by atoms with van der Waals surface area (Å²) in [6, 6.07) is 21.0. The van der Waals surface area contributed by atoms with E-state index in [0.29, 0.717) is 25.1 Å². The molecule has 0 bridgehead atoms. The summed E-state index contributed by atoms with van der Waals surface area (Å²) in [6.45, 7) is 4.90. The normalized spacial score (nSPS) is 15.3. The van der Waals surface area contributed by atoms with E-state index in [1.54, 1.807) is 0 Å². The average Bonchev–Trinajstić information content (AvgIpc) is 3.52. The van der Waals surface area contributed by atoms with E-state index in [2.05, 4.69) is 36.3 Å². The predicted molar refractivity (Wildman–Crippen MR) is 140 cm³/mol. The van der Waals surface area contributed by atoms with E-state index in [4.69, 9.17) is 9.72 Å². The number of likely N-dealkylation sites (tertiary alicyclic amines) is 1. The fraction of sp³-hybridized carbons (Fsp3) is 0.276. The smallest absolute Gasteiger partial charge is 0.410 e. The molecule has 4 aromatic rings. The van der Waals surface area contributed by atoms with Gasteiger partial charge in [-0.2, -0.15) is 0 Å². The molecular weight excluding hydrogens is 452 g/mol. The first-order valence-corrected chi connectivity index (χ1v) is 12.3. The van der Waals surface area contributed by atoms with Crippen molar-refractivity contribution in [3.8, 4) is 0 Å². The van der Waals surface area contributed by atoms with Gasteiger partial charge in [0.2, 0.25) is 5.91 Å². The van der Waals surface area contributed by atoms with E-state index in [1.807, 2.05) is 54.6 Å². The minimum Gasteiger partial charge on any atom is -0.445 e. The molecule has 0 unspecified atom stereocenters. The highest BCUT2D eigenvalue weighted by Crippen LogP contribution is 2.22. The highest BCUT2D eigenvalue weighted by Gasteiger charge is 2.35. The van der Waals surface area contributed by atoms with Crippen LogP contribution in [-0.2, 0) is 22.6 Å². The molecule has 1 atom stereocenters. The molecule has 0 aliphatic carbocycles. The van der Waals surface area contributed by atoms with E-state index in [9.17, 15) is 9.59 Å². The molecule has 1 aromatic heterocycles. The Morgan fingerprint density at radius 2 is 1.78 bits per heavy atom. The van der Waals surface area contributed by atoms with E-state index in [0.717, 1.165) is 34.4 Å². The van der Waals surface area contributed by atoms with Crippen molar-refractivity contribution in [1.29, 1.82) is 0 Å². The van der Waals surface area contributed by atoms with Crippen LogP contribution >= 0.6 is 0 Å². The van der Waals surface area contributed by atoms with Crippen molar-refractivity contribution in [3.05, 3.63) is 94.8 Å². The van der Waals surface area contributed by atoms with Crippen LogP contribution in [0.5, 0.6) is 0 Å². The number of ether oxygens (including phenoxy) is 1. The number of nitrogens with zero attached hydrogens (tertiary/aromatic N) is 2. The number of carbonyl (C=O) groups excluding carboxylic acids is 2. The van der Waals surface area contributed by atoms with Gasteiger partial charge in [-0.05, 0) is 73.2 Å². The molecular formula is C29H30N4O3. The van der Waals surface area contributed by atoms with Crippen LogP contribution in [0.1, 0.15) is 40.9 Å². The van der Waals surface area contributed by atoms with Crippen LogP contribution in [0.15, 0.2) is 66.7 Å². The lowest BCUT2D eigenvalue weighted by Gasteiger charge is -2.23. The third-order valence-electron chi connectivity index (χ3n) is 6.73. The number of H-pyrrole nitrogens is 1. The second-order valence-corrected chi connectivity index (χ2v) is 9.39. The second-order valence-electron chi connectivity index (χ2n) is 9.39. The highest BCUT2D eigenvalue weighted by molar-refractivity contribution is 5.96. The molecule has 2 N–H and O–H groups in total. The molecule has 1 saturated heterocycles. The summed E-state index contributed by atoms with van der Waals surface area (Å²) in [5.41, 5.74) is 7.19. The third-order valence-corrected chi connectivity index (χ3v) is 6.73. The van der Waals surface area contributed by atoms with Crippen LogP contribution in [0.4, 0.5) is 10.5 Å². The predicted octanol–water partition coefficient (Wildman–Crippen LogP) is 5.51. The lowest BCUT2D eigenvalue weighted by Crippen LogP contribution is -2.43. The quantitative estimate of drug-likeness (QED) is 0.379. The summed E-state index contributed by atoms with van der Waals surface area (Å²) in [7, 11) is 0. The van der Waals surface area contributed by atoms with Crippen molar-refractivity contribution < 1.29 is 14.3 Å². The summed E-state index contributed by atoms with van der Waals surface area (Å²) < 4.78 is 5.45. The van der Waals surface area contributed by atoms with Gasteiger partial charge < -0.3 is 15.0 Å². The number of aromatic amines is 1. The first kappa shape index (κ1) is 23.6. The molecule has 1 aliphatic rings. The van der Waals surface area contributed by atoms with E-state index in [1.165, 1.54) is 16.0 Å². The molecule has 2 amide bonds. The van der Waals surface area contributed by atoms with Crippen molar-refractivity contribution in [3.63, 3.8) is 0 Å². The molecule has 5 rings (SSSR count). The Hall–Kier alpha value is -4.13. The zero-order valence-electron chi connectivity index (χ0n) is 20.6. The standard InChI is InChI=1S/C29H30N4O3/c1-19-15-24-25(16-20(19)2)32-27(31-24)17-21-10-12-23(13-11-21)30-28(34)26-9-6-14-33(26)29(35)36-18-22-7-4-3-5-8-22/h3-5,7-8,10-13,15-16,26H,6,9,14,17-18H2,1-2H3,(H,30,34)(H,31,32)/t26-/m0/s1. The number of aryl methyl sites for hydroxylation is 2. The number of amides is 2. The van der Waals surface area contributed by atoms with Gasteiger partial charge in [-0.15, -0.1) is 0 Å². The third kappa shape index (κ3) is 5.25. The van der Waals surface area contributed by atoms with E-state index in [-0.39, 0.29) is 12.5 Å². The van der Waals surface area contributed by atoms with Crippen molar-refractivity contribution in [2.75, 3.05) is 11.9 Å². The Kier molecular flexibility index (Phi) is 6.71. The maximum atomic E-state index is 13.0. The average molecular weight is 483 g/mol. The Bertz CT molecular complexity index is 1340. The van der Waals surface area contributed by atoms with Gasteiger partial charge in [-0.1, -0.05) is 42.5 Å². The largest absolute Gasteiger partial charge is 0.445 e. The van der Waals surface area contributed by atoms with Crippen LogP contribution in [-0.4, -0.2) is 39.5 Å². The van der Waals surface area contributed by atoms with Crippen molar-refractivity contribution in [2.24, 2.45) is 0 Å². The molecule has 0 saturated carbocycles. The Balaban J connectivity index is 1.18. The molecule has 1 fully saturated rings. The monoisotopic (exact) mass is 482 g/mol. The molecule has 1 aliphatic heterocycles. The number of anilines is 1. The SMILES string of the molecule is Cc1cc2nc(Cc3ccc(NC(=O)[C@@H]4CCCN4C(=O)OCc4ccccc4)cc3)[nH]c2cc1C. The van der Waals surface area contributed by atoms with Gasteiger partial charge in [0.1, 0.15) is 18.5 Å². The Morgan fingerprint density at radius 3 is 2.56 bits per heavy atom. The topological polar surface area (TPSA) is 87.3 Å². The minimum absolute atomic E-state index is 0.191. The van der Waals surface area contributed by atoms with Gasteiger partial charge in [-0.25, -0.2) is 9.78 Å². The molecule has 0 radical (unpaired) electrons. The summed E-state index contributed by atoms with van der Waals surface area (Å²) >= 11 is 0. The van der Waals surface area contributed by atoms with Crippen LogP contribution < -0.4 is 5.32 Å². The minimum atomic E-state index is -0.532. The van der Waals surface area contributed by atoms with Gasteiger partial charge in [0.05, 0.1) is 11.0 Å². The lowest BCUT2D eigenvalue weighted by molar-refractivity contribution is -0.120. The summed E-state index contributed by atoms with van der Waals surface area (Å²) in [6.07, 6.45) is 1.61. The van der Waals surface area contributed by atoms with Crippen molar-refractivity contribution >= 4 is 28.7 Å². The molecule has 2 heterocycles. The number of fused-ring (bicyclic) bond motifs is 1. The maximum absolute atomic E-state index is 13.0. The molecule has 184 valence electrons. The first-order chi connectivity index (χ1) is 17.5. The van der Waals surface area contributed by atoms with Crippen molar-refractivity contribution in [2.45, 2.75) is 45.8 Å². The number of rotatable bonds is 6. The first-order valence-electron chi connectivity index (χ1n) is 12.3. The van der Waals surface area contributed by atoms with Gasteiger partial charge in [-0.3, -0.25) is 9.69 Å². The molecule has 3 aromatic carbocycles. The number of nitrogens with one attached hydrogen (secondary N) is 2. The van der Waals surface area contributed by atoms with Crippen LogP contribution in [0.2, 0.25) is 0 Å². The summed E-state index contributed by atoms with van der Waals surface area (Å²) in [5, 5.41) is 2.96. The number of carbonyl (C=O) groups is 2. The van der Waals surface area contributed by atoms with Gasteiger partial charge in [0.25, 0.3) is 0 Å². The Morgan fingerprint density at radius 1 is 1.03 bits per heavy atom. The highest BCUT2D eigenvalue weighted by atomic mass is 16.6. The Labute approximate surface area is 210 Å². The summed E-state index contributed by atoms with van der Waals surface area (Å²) in [4.78, 5) is 35.2. The number of hydrogen-bond acceptors (Lipinski definition) is 4. The zero-order chi connectivity index (χ0) is 25.1. The lowest BCUT2D eigenvalue weighted by atomic mass is 10.1. The molecule has 36 heavy (non-hydrogen) atoms. The fourth-order valence-electron chi connectivity index (χ4n) is 4.59. The molecule has 7 heteroatoms. The molecule has 7 nitrogen and oxygen atoms in total. The van der Waals surface area contributed by atoms with E-state index >= 15 is 0 Å². The number of aromatic nitrogens is 2. The van der Waals surface area contributed by atoms with Gasteiger partial charge in [0, 0.05) is 18.7 Å². The fourth-order valence-corrected chi connectivity index (χ4v) is 4.59. The number of hydrogen-bond donors (Lipinski definition) is 2. The van der Waals surface area contributed by atoms with Crippen molar-refractivity contribution in [1.82, 2.24) is 14.9 Å². The zero-order valence-corrected chi connectivity index (χ0v) is 20.6. The number of benzene rings is 3. The van der Waals surface area contributed by atoms with Crippen LogP contribution in [0.25, 0.3) is 11.0 Å². The van der Waals surface area contributed by atoms with Crippen LogP contribution in [0, 0.1) is 13.8 Å². The molecule has 0 spiro atoms. The van der Waals surface area contributed by atoms with Gasteiger partial charge >= 0.3 is 6.09 Å².